The first-order valence-electron chi connectivity index (χ1n) is 9.31. The van der Waals surface area contributed by atoms with Crippen LogP contribution in [0.15, 0.2) is 60.7 Å². The van der Waals surface area contributed by atoms with E-state index in [4.69, 9.17) is 11.1 Å². The van der Waals surface area contributed by atoms with Gasteiger partial charge in [-0.05, 0) is 53.3 Å². The Hall–Kier alpha value is -3.21. The first-order valence-corrected chi connectivity index (χ1v) is 9.31. The van der Waals surface area contributed by atoms with Gasteiger partial charge >= 0.3 is 0 Å². The van der Waals surface area contributed by atoms with Gasteiger partial charge in [0.15, 0.2) is 11.6 Å². The molecule has 140 valence electrons. The fraction of sp³-hybridized carbons (Fsp3) is 0.174. The summed E-state index contributed by atoms with van der Waals surface area (Å²) in [7, 11) is 0. The lowest BCUT2D eigenvalue weighted by Crippen LogP contribution is -2.31. The third-order valence-corrected chi connectivity index (χ3v) is 6.03. The van der Waals surface area contributed by atoms with Gasteiger partial charge in [0.2, 0.25) is 0 Å². The van der Waals surface area contributed by atoms with E-state index < -0.39 is 11.6 Å². The van der Waals surface area contributed by atoms with Crippen molar-refractivity contribution in [3.8, 4) is 0 Å². The zero-order valence-corrected chi connectivity index (χ0v) is 15.0. The minimum Gasteiger partial charge on any atom is -0.384 e. The molecule has 3 nitrogen and oxygen atoms in total. The molecule has 0 saturated heterocycles. The average molecular weight is 375 g/mol. The molecule has 5 heteroatoms. The number of nitrogen functional groups attached to an aromatic ring is 1. The second kappa shape index (κ2) is 6.16. The molecule has 4 N–H and O–H groups in total. The fourth-order valence-corrected chi connectivity index (χ4v) is 4.80. The fourth-order valence-electron chi connectivity index (χ4n) is 4.80. The number of rotatable bonds is 2. The summed E-state index contributed by atoms with van der Waals surface area (Å²) in [5.41, 5.74) is 11.1. The van der Waals surface area contributed by atoms with Crippen molar-refractivity contribution in [2.75, 3.05) is 5.32 Å². The van der Waals surface area contributed by atoms with Crippen molar-refractivity contribution >= 4 is 11.5 Å². The van der Waals surface area contributed by atoms with E-state index in [1.165, 1.54) is 11.1 Å². The third kappa shape index (κ3) is 2.43. The summed E-state index contributed by atoms with van der Waals surface area (Å²) in [6.45, 7) is 0. The molecule has 1 aliphatic carbocycles. The lowest BCUT2D eigenvalue weighted by Gasteiger charge is -2.38. The van der Waals surface area contributed by atoms with Crippen LogP contribution in [-0.2, 0) is 6.42 Å². The van der Waals surface area contributed by atoms with Crippen LogP contribution in [0.5, 0.6) is 0 Å². The molecule has 3 aromatic carbocycles. The highest BCUT2D eigenvalue weighted by Crippen LogP contribution is 2.54. The maximum atomic E-state index is 14.7. The SMILES string of the molecule is N=C(N)c1ccc2c(c1)C1c3ccccc3CC1C(c1cccc(F)c1F)N2. The highest BCUT2D eigenvalue weighted by atomic mass is 19.2. The molecule has 0 fully saturated rings. The van der Waals surface area contributed by atoms with Gasteiger partial charge in [0.1, 0.15) is 5.84 Å². The summed E-state index contributed by atoms with van der Waals surface area (Å²) >= 11 is 0. The minimum atomic E-state index is -0.830. The normalized spacial score (nSPS) is 22.0. The van der Waals surface area contributed by atoms with Crippen LogP contribution in [0.1, 0.15) is 39.8 Å². The monoisotopic (exact) mass is 375 g/mol. The number of nitrogens with two attached hydrogens (primary N) is 1. The van der Waals surface area contributed by atoms with Crippen LogP contribution in [0.3, 0.4) is 0 Å². The maximum absolute atomic E-state index is 14.7. The number of fused-ring (bicyclic) bond motifs is 5. The Kier molecular flexibility index (Phi) is 3.72. The average Bonchev–Trinajstić information content (AvgIpc) is 3.09. The molecule has 0 aromatic heterocycles. The predicted molar refractivity (Wildman–Crippen MR) is 106 cm³/mol. The van der Waals surface area contributed by atoms with Gasteiger partial charge < -0.3 is 11.1 Å². The van der Waals surface area contributed by atoms with Crippen molar-refractivity contribution in [1.29, 1.82) is 5.41 Å². The van der Waals surface area contributed by atoms with E-state index in [0.29, 0.717) is 11.1 Å². The zero-order chi connectivity index (χ0) is 19.4. The molecule has 3 atom stereocenters. The molecule has 3 aromatic rings. The highest BCUT2D eigenvalue weighted by Gasteiger charge is 2.44. The Morgan fingerprint density at radius 3 is 2.57 bits per heavy atom. The molecule has 0 saturated carbocycles. The molecular formula is C23H19F2N3. The van der Waals surface area contributed by atoms with Crippen LogP contribution in [0.4, 0.5) is 14.5 Å². The number of benzene rings is 3. The molecule has 0 amide bonds. The molecule has 0 radical (unpaired) electrons. The molecule has 0 spiro atoms. The van der Waals surface area contributed by atoms with Gasteiger partial charge in [-0.25, -0.2) is 8.78 Å². The van der Waals surface area contributed by atoms with E-state index in [2.05, 4.69) is 17.4 Å². The Morgan fingerprint density at radius 2 is 1.75 bits per heavy atom. The molecule has 5 rings (SSSR count). The van der Waals surface area contributed by atoms with Crippen LogP contribution in [0.2, 0.25) is 0 Å². The van der Waals surface area contributed by atoms with Gasteiger partial charge in [-0.3, -0.25) is 5.41 Å². The van der Waals surface area contributed by atoms with Crippen molar-refractivity contribution < 1.29 is 8.78 Å². The van der Waals surface area contributed by atoms with Crippen molar-refractivity contribution in [3.05, 3.63) is 100 Å². The first kappa shape index (κ1) is 16.9. The molecular weight excluding hydrogens is 356 g/mol. The standard InChI is InChI=1S/C23H19F2N3/c24-18-7-3-6-15(21(18)25)22-17-10-12-4-1-2-5-14(12)20(17)16-11-13(23(26)27)8-9-19(16)28-22/h1-9,11,17,20,22,28H,10H2,(H3,26,27). The van der Waals surface area contributed by atoms with Crippen molar-refractivity contribution in [2.24, 2.45) is 11.7 Å². The maximum Gasteiger partial charge on any atom is 0.164 e. The number of halogens is 2. The van der Waals surface area contributed by atoms with E-state index in [1.54, 1.807) is 18.2 Å². The van der Waals surface area contributed by atoms with Crippen LogP contribution in [0.25, 0.3) is 0 Å². The number of nitrogens with one attached hydrogen (secondary N) is 2. The van der Waals surface area contributed by atoms with Crippen LogP contribution in [-0.4, -0.2) is 5.84 Å². The summed E-state index contributed by atoms with van der Waals surface area (Å²) in [6, 6.07) is 17.9. The summed E-state index contributed by atoms with van der Waals surface area (Å²) in [6.07, 6.45) is 0.776. The number of hydrogen-bond donors (Lipinski definition) is 3. The number of hydrogen-bond acceptors (Lipinski definition) is 2. The Morgan fingerprint density at radius 1 is 0.964 bits per heavy atom. The molecule has 2 aliphatic rings. The molecule has 1 heterocycles. The number of amidine groups is 1. The van der Waals surface area contributed by atoms with Gasteiger partial charge in [0, 0.05) is 22.7 Å². The summed E-state index contributed by atoms with van der Waals surface area (Å²) in [5, 5.41) is 11.2. The van der Waals surface area contributed by atoms with Crippen molar-refractivity contribution in [3.63, 3.8) is 0 Å². The second-order valence-corrected chi connectivity index (χ2v) is 7.53. The van der Waals surface area contributed by atoms with Gasteiger partial charge in [-0.2, -0.15) is 0 Å². The zero-order valence-electron chi connectivity index (χ0n) is 15.0. The van der Waals surface area contributed by atoms with Crippen LogP contribution < -0.4 is 11.1 Å². The molecule has 1 aliphatic heterocycles. The lowest BCUT2D eigenvalue weighted by atomic mass is 9.75. The smallest absolute Gasteiger partial charge is 0.164 e. The molecule has 0 bridgehead atoms. The van der Waals surface area contributed by atoms with Crippen molar-refractivity contribution in [1.82, 2.24) is 0 Å². The van der Waals surface area contributed by atoms with Gasteiger partial charge in [0.25, 0.3) is 0 Å². The topological polar surface area (TPSA) is 61.9 Å². The Labute approximate surface area is 161 Å². The molecule has 28 heavy (non-hydrogen) atoms. The lowest BCUT2D eigenvalue weighted by molar-refractivity contribution is 0.400. The summed E-state index contributed by atoms with van der Waals surface area (Å²) in [5.74, 6) is -1.52. The van der Waals surface area contributed by atoms with Crippen molar-refractivity contribution in [2.45, 2.75) is 18.4 Å². The quantitative estimate of drug-likeness (QED) is 0.448. The second-order valence-electron chi connectivity index (χ2n) is 7.53. The van der Waals surface area contributed by atoms with Gasteiger partial charge in [-0.15, -0.1) is 0 Å². The Bertz CT molecular complexity index is 1110. The van der Waals surface area contributed by atoms with E-state index in [1.807, 2.05) is 24.3 Å². The highest BCUT2D eigenvalue weighted by molar-refractivity contribution is 5.95. The van der Waals surface area contributed by atoms with E-state index >= 15 is 0 Å². The third-order valence-electron chi connectivity index (χ3n) is 6.03. The van der Waals surface area contributed by atoms with Crippen LogP contribution >= 0.6 is 0 Å². The number of anilines is 1. The molecule has 3 unspecified atom stereocenters. The first-order chi connectivity index (χ1) is 13.5. The summed E-state index contributed by atoms with van der Waals surface area (Å²) in [4.78, 5) is 0. The minimum absolute atomic E-state index is 0.0175. The summed E-state index contributed by atoms with van der Waals surface area (Å²) < 4.78 is 28.6. The van der Waals surface area contributed by atoms with E-state index in [9.17, 15) is 8.78 Å². The van der Waals surface area contributed by atoms with Crippen LogP contribution in [0, 0.1) is 23.0 Å². The largest absolute Gasteiger partial charge is 0.384 e. The Balaban J connectivity index is 1.71. The van der Waals surface area contributed by atoms with Gasteiger partial charge in [-0.1, -0.05) is 36.4 Å². The van der Waals surface area contributed by atoms with E-state index in [-0.39, 0.29) is 23.7 Å². The predicted octanol–water partition coefficient (Wildman–Crippen LogP) is 4.72. The van der Waals surface area contributed by atoms with Gasteiger partial charge in [0.05, 0.1) is 6.04 Å². The van der Waals surface area contributed by atoms with E-state index in [0.717, 1.165) is 23.7 Å².